The molecule has 3 rings (SSSR count). The first-order valence-corrected chi connectivity index (χ1v) is 7.77. The second kappa shape index (κ2) is 7.40. The van der Waals surface area contributed by atoms with Crippen molar-refractivity contribution in [3.8, 4) is 0 Å². The second-order valence-corrected chi connectivity index (χ2v) is 5.58. The van der Waals surface area contributed by atoms with Crippen LogP contribution in [0.15, 0.2) is 66.0 Å². The number of halogens is 3. The van der Waals surface area contributed by atoms with E-state index in [-0.39, 0.29) is 0 Å². The molecule has 0 atom stereocenters. The molecule has 3 heterocycles. The molecule has 27 heavy (non-hydrogen) atoms. The van der Waals surface area contributed by atoms with Gasteiger partial charge >= 0.3 is 6.18 Å². The van der Waals surface area contributed by atoms with Gasteiger partial charge in [0.2, 0.25) is 0 Å². The summed E-state index contributed by atoms with van der Waals surface area (Å²) in [6.45, 7) is 0. The Kier molecular flexibility index (Phi) is 5.02. The lowest BCUT2D eigenvalue weighted by molar-refractivity contribution is -0.141. The Morgan fingerprint density at radius 3 is 1.89 bits per heavy atom. The maximum Gasteiger partial charge on any atom is 0.431 e. The number of carbonyl (C=O) groups is 1. The summed E-state index contributed by atoms with van der Waals surface area (Å²) in [4.78, 5) is 34.0. The number of hydrogen-bond acceptors (Lipinski definition) is 4. The first-order valence-electron chi connectivity index (χ1n) is 7.77. The molecule has 0 saturated heterocycles. The molecule has 9 heteroatoms. The third-order valence-electron chi connectivity index (χ3n) is 3.81. The predicted molar refractivity (Wildman–Crippen MR) is 89.8 cm³/mol. The number of amides is 1. The second-order valence-electron chi connectivity index (χ2n) is 5.58. The molecule has 3 aromatic heterocycles. The summed E-state index contributed by atoms with van der Waals surface area (Å²) in [5.74, 6) is -0.802. The molecular formula is C18H13F3N4O2. The highest BCUT2D eigenvalue weighted by Gasteiger charge is 2.32. The minimum absolute atomic E-state index is 0.420. The van der Waals surface area contributed by atoms with Crippen molar-refractivity contribution in [3.63, 3.8) is 0 Å². The van der Waals surface area contributed by atoms with Crippen molar-refractivity contribution in [2.45, 2.75) is 12.2 Å². The summed E-state index contributed by atoms with van der Waals surface area (Å²) < 4.78 is 38.0. The molecule has 0 aromatic carbocycles. The zero-order chi connectivity index (χ0) is 19.4. The Labute approximate surface area is 151 Å². The molecule has 0 fully saturated rings. The van der Waals surface area contributed by atoms with Crippen molar-refractivity contribution >= 4 is 5.91 Å². The highest BCUT2D eigenvalue weighted by atomic mass is 19.4. The van der Waals surface area contributed by atoms with Gasteiger partial charge in [0.25, 0.3) is 11.5 Å². The van der Waals surface area contributed by atoms with E-state index in [0.29, 0.717) is 17.2 Å². The normalized spacial score (nSPS) is 11.4. The zero-order valence-electron chi connectivity index (χ0n) is 13.7. The van der Waals surface area contributed by atoms with E-state index in [1.807, 2.05) is 0 Å². The van der Waals surface area contributed by atoms with Crippen LogP contribution in [-0.4, -0.2) is 20.9 Å². The van der Waals surface area contributed by atoms with Crippen molar-refractivity contribution in [1.29, 1.82) is 0 Å². The van der Waals surface area contributed by atoms with Crippen molar-refractivity contribution in [3.05, 3.63) is 93.9 Å². The van der Waals surface area contributed by atoms with Crippen LogP contribution in [0.2, 0.25) is 0 Å². The van der Waals surface area contributed by atoms with Crippen LogP contribution in [0.3, 0.4) is 0 Å². The Bertz CT molecular complexity index is 949. The smallest absolute Gasteiger partial charge is 0.341 e. The molecule has 0 radical (unpaired) electrons. The molecule has 3 aromatic rings. The SMILES string of the molecule is O=C(NC(c1ccncc1)c1ccncc1)c1ccc(C(F)(F)F)[nH]c1=O. The average Bonchev–Trinajstić information content (AvgIpc) is 2.66. The fourth-order valence-corrected chi connectivity index (χ4v) is 2.50. The molecule has 0 bridgehead atoms. The molecule has 0 saturated carbocycles. The Hall–Kier alpha value is -3.49. The van der Waals surface area contributed by atoms with Crippen LogP contribution < -0.4 is 10.9 Å². The highest BCUT2D eigenvalue weighted by molar-refractivity contribution is 5.94. The van der Waals surface area contributed by atoms with Crippen LogP contribution in [0.1, 0.15) is 33.2 Å². The molecular weight excluding hydrogens is 361 g/mol. The number of rotatable bonds is 4. The van der Waals surface area contributed by atoms with Crippen LogP contribution in [0.25, 0.3) is 0 Å². The molecule has 6 nitrogen and oxygen atoms in total. The molecule has 1 amide bonds. The van der Waals surface area contributed by atoms with Crippen LogP contribution in [0.5, 0.6) is 0 Å². The van der Waals surface area contributed by atoms with Gasteiger partial charge in [0.1, 0.15) is 11.3 Å². The first-order chi connectivity index (χ1) is 12.9. The van der Waals surface area contributed by atoms with E-state index in [0.717, 1.165) is 6.07 Å². The molecule has 0 aliphatic carbocycles. The van der Waals surface area contributed by atoms with Gasteiger partial charge in [0.15, 0.2) is 0 Å². The maximum atomic E-state index is 12.7. The highest BCUT2D eigenvalue weighted by Crippen LogP contribution is 2.26. The van der Waals surface area contributed by atoms with Gasteiger partial charge in [-0.15, -0.1) is 0 Å². The Morgan fingerprint density at radius 2 is 1.44 bits per heavy atom. The van der Waals surface area contributed by atoms with Gasteiger partial charge in [-0.3, -0.25) is 19.6 Å². The van der Waals surface area contributed by atoms with Crippen molar-refractivity contribution in [1.82, 2.24) is 20.3 Å². The number of aromatic amines is 1. The minimum Gasteiger partial charge on any atom is -0.341 e. The number of pyridine rings is 3. The van der Waals surface area contributed by atoms with Crippen LogP contribution in [-0.2, 0) is 6.18 Å². The van der Waals surface area contributed by atoms with Crippen molar-refractivity contribution in [2.75, 3.05) is 0 Å². The van der Waals surface area contributed by atoms with Gasteiger partial charge < -0.3 is 10.3 Å². The lowest BCUT2D eigenvalue weighted by Crippen LogP contribution is -2.34. The molecule has 0 unspecified atom stereocenters. The number of nitrogens with zero attached hydrogens (tertiary/aromatic N) is 2. The topological polar surface area (TPSA) is 87.7 Å². The molecule has 0 aliphatic rings. The fourth-order valence-electron chi connectivity index (χ4n) is 2.50. The summed E-state index contributed by atoms with van der Waals surface area (Å²) in [6, 6.07) is 7.61. The molecule has 138 valence electrons. The number of aromatic nitrogens is 3. The number of alkyl halides is 3. The largest absolute Gasteiger partial charge is 0.431 e. The molecule has 0 aliphatic heterocycles. The molecule has 0 spiro atoms. The van der Waals surface area contributed by atoms with E-state index in [1.54, 1.807) is 54.0 Å². The number of carbonyl (C=O) groups excluding carboxylic acids is 1. The number of hydrogen-bond donors (Lipinski definition) is 2. The third kappa shape index (κ3) is 4.20. The minimum atomic E-state index is -4.70. The van der Waals surface area contributed by atoms with Crippen LogP contribution >= 0.6 is 0 Å². The van der Waals surface area contributed by atoms with Gasteiger partial charge in [-0.25, -0.2) is 0 Å². The number of nitrogens with one attached hydrogen (secondary N) is 2. The van der Waals surface area contributed by atoms with Crippen molar-refractivity contribution < 1.29 is 18.0 Å². The van der Waals surface area contributed by atoms with Gasteiger partial charge in [-0.2, -0.15) is 13.2 Å². The van der Waals surface area contributed by atoms with Gasteiger partial charge in [0.05, 0.1) is 6.04 Å². The van der Waals surface area contributed by atoms with E-state index in [9.17, 15) is 22.8 Å². The quantitative estimate of drug-likeness (QED) is 0.735. The maximum absolute atomic E-state index is 12.7. The summed E-state index contributed by atoms with van der Waals surface area (Å²) in [5.41, 5.74) is -1.38. The number of H-pyrrole nitrogens is 1. The summed E-state index contributed by atoms with van der Waals surface area (Å²) >= 11 is 0. The van der Waals surface area contributed by atoms with Crippen molar-refractivity contribution in [2.24, 2.45) is 0 Å². The first kappa shape index (κ1) is 18.3. The average molecular weight is 374 g/mol. The van der Waals surface area contributed by atoms with E-state index >= 15 is 0 Å². The Balaban J connectivity index is 1.93. The zero-order valence-corrected chi connectivity index (χ0v) is 13.7. The summed E-state index contributed by atoms with van der Waals surface area (Å²) in [7, 11) is 0. The standard InChI is InChI=1S/C18H13F3N4O2/c19-18(20,21)14-2-1-13(16(26)24-14)17(27)25-15(11-3-7-22-8-4-11)12-5-9-23-10-6-12/h1-10,15H,(H,24,26)(H,25,27). The van der Waals surface area contributed by atoms with E-state index < -0.39 is 34.9 Å². The predicted octanol–water partition coefficient (Wildman–Crippen LogP) is 2.70. The van der Waals surface area contributed by atoms with E-state index in [2.05, 4.69) is 15.3 Å². The lowest BCUT2D eigenvalue weighted by atomic mass is 10.0. The third-order valence-corrected chi connectivity index (χ3v) is 3.81. The van der Waals surface area contributed by atoms with E-state index in [1.165, 1.54) is 0 Å². The van der Waals surface area contributed by atoms with Crippen LogP contribution in [0.4, 0.5) is 13.2 Å². The summed E-state index contributed by atoms with van der Waals surface area (Å²) in [6.07, 6.45) is 1.47. The van der Waals surface area contributed by atoms with Gasteiger partial charge in [-0.1, -0.05) is 0 Å². The lowest BCUT2D eigenvalue weighted by Gasteiger charge is -2.19. The van der Waals surface area contributed by atoms with Crippen LogP contribution in [0, 0.1) is 0 Å². The molecule has 2 N–H and O–H groups in total. The van der Waals surface area contributed by atoms with Gasteiger partial charge in [0, 0.05) is 24.8 Å². The monoisotopic (exact) mass is 374 g/mol. The Morgan fingerprint density at radius 1 is 0.926 bits per heavy atom. The van der Waals surface area contributed by atoms with Gasteiger partial charge in [-0.05, 0) is 47.5 Å². The summed E-state index contributed by atoms with van der Waals surface area (Å²) in [5, 5.41) is 2.67. The van der Waals surface area contributed by atoms with E-state index in [4.69, 9.17) is 0 Å². The fraction of sp³-hybridized carbons (Fsp3) is 0.111.